The van der Waals surface area contributed by atoms with Gasteiger partial charge in [0, 0.05) is 44.3 Å². The fraction of sp³-hybridized carbons (Fsp3) is 0.333. The second kappa shape index (κ2) is 11.1. The molecule has 3 N–H and O–H groups in total. The van der Waals surface area contributed by atoms with E-state index in [9.17, 15) is 14.3 Å². The molecule has 0 radical (unpaired) electrons. The van der Waals surface area contributed by atoms with Crippen molar-refractivity contribution in [3.05, 3.63) is 67.0 Å². The number of imidazole rings is 1. The van der Waals surface area contributed by atoms with Crippen LogP contribution in [0.4, 0.5) is 15.3 Å². The van der Waals surface area contributed by atoms with Crippen molar-refractivity contribution in [2.45, 2.75) is 38.6 Å². The van der Waals surface area contributed by atoms with Crippen molar-refractivity contribution in [2.24, 2.45) is 0 Å². The zero-order valence-corrected chi connectivity index (χ0v) is 22.2. The van der Waals surface area contributed by atoms with Crippen LogP contribution >= 0.6 is 11.3 Å². The molecule has 1 saturated heterocycles. The summed E-state index contributed by atoms with van der Waals surface area (Å²) in [5, 5.41) is 18.0. The Morgan fingerprint density at radius 2 is 2.11 bits per heavy atom. The van der Waals surface area contributed by atoms with Crippen molar-refractivity contribution >= 4 is 39.2 Å². The van der Waals surface area contributed by atoms with E-state index in [2.05, 4.69) is 25.6 Å². The zero-order valence-electron chi connectivity index (χ0n) is 21.3. The Bertz CT molecular complexity index is 1450. The van der Waals surface area contributed by atoms with E-state index in [4.69, 9.17) is 0 Å². The van der Waals surface area contributed by atoms with Crippen LogP contribution < -0.4 is 10.6 Å². The van der Waals surface area contributed by atoms with E-state index < -0.39 is 6.23 Å². The van der Waals surface area contributed by atoms with Crippen LogP contribution in [0.2, 0.25) is 0 Å². The maximum atomic E-state index is 13.2. The summed E-state index contributed by atoms with van der Waals surface area (Å²) in [6.45, 7) is 3.66. The summed E-state index contributed by atoms with van der Waals surface area (Å²) in [5.74, 6) is 0.383. The highest BCUT2D eigenvalue weighted by Crippen LogP contribution is 2.31. The summed E-state index contributed by atoms with van der Waals surface area (Å²) < 4.78 is 15.4. The predicted octanol–water partition coefficient (Wildman–Crippen LogP) is 4.06. The summed E-state index contributed by atoms with van der Waals surface area (Å²) in [5.41, 5.74) is 2.56. The lowest BCUT2D eigenvalue weighted by atomic mass is 10.1. The van der Waals surface area contributed by atoms with Gasteiger partial charge in [-0.3, -0.25) is 9.80 Å². The molecule has 1 aromatic carbocycles. The quantitative estimate of drug-likeness (QED) is 0.168. The smallest absolute Gasteiger partial charge is 0.338 e. The largest absolute Gasteiger partial charge is 0.372 e. The number of quaternary nitrogens is 1. The number of thiazole rings is 1. The van der Waals surface area contributed by atoms with E-state index in [0.717, 1.165) is 40.9 Å². The fourth-order valence-corrected chi connectivity index (χ4v) is 5.83. The molecule has 4 aromatic rings. The number of aromatic nitrogens is 4. The van der Waals surface area contributed by atoms with Crippen LogP contribution in [0.1, 0.15) is 19.8 Å². The third kappa shape index (κ3) is 5.37. The molecule has 9 nitrogen and oxygen atoms in total. The summed E-state index contributed by atoms with van der Waals surface area (Å²) in [6, 6.07) is 8.05. The lowest BCUT2D eigenvalue weighted by molar-refractivity contribution is -0.849. The van der Waals surface area contributed by atoms with Gasteiger partial charge in [-0.2, -0.15) is 0 Å². The molecule has 38 heavy (non-hydrogen) atoms. The molecule has 2 unspecified atom stereocenters. The highest BCUT2D eigenvalue weighted by molar-refractivity contribution is 7.18. The van der Waals surface area contributed by atoms with Gasteiger partial charge < -0.3 is 15.0 Å². The molecule has 3 atom stereocenters. The highest BCUT2D eigenvalue weighted by atomic mass is 32.1. The van der Waals surface area contributed by atoms with Crippen LogP contribution in [0, 0.1) is 5.82 Å². The van der Waals surface area contributed by atoms with E-state index in [1.807, 2.05) is 24.6 Å². The van der Waals surface area contributed by atoms with Crippen LogP contribution in [0.3, 0.4) is 0 Å². The molecular formula is C27H31FN7O2S+. The van der Waals surface area contributed by atoms with E-state index in [0.29, 0.717) is 24.0 Å². The molecule has 1 aliphatic heterocycles. The number of carbonyl (C=O) groups excluding carboxylic acids is 1. The van der Waals surface area contributed by atoms with Crippen LogP contribution in [-0.2, 0) is 11.3 Å². The first-order chi connectivity index (χ1) is 18.4. The number of aliphatic hydroxyl groups is 1. The molecule has 1 amide bonds. The van der Waals surface area contributed by atoms with Gasteiger partial charge in [-0.1, -0.05) is 29.5 Å². The maximum absolute atomic E-state index is 13.2. The van der Waals surface area contributed by atoms with E-state index in [1.165, 1.54) is 23.5 Å². The van der Waals surface area contributed by atoms with Crippen molar-refractivity contribution < 1.29 is 18.8 Å². The highest BCUT2D eigenvalue weighted by Gasteiger charge is 2.46. The number of likely N-dealkylation sites (tertiary alicyclic amines) is 1. The van der Waals surface area contributed by atoms with Gasteiger partial charge in [0.05, 0.1) is 36.5 Å². The van der Waals surface area contributed by atoms with E-state index in [-0.39, 0.29) is 22.2 Å². The number of rotatable bonds is 9. The van der Waals surface area contributed by atoms with Gasteiger partial charge in [0.1, 0.15) is 23.2 Å². The first-order valence-electron chi connectivity index (χ1n) is 12.6. The monoisotopic (exact) mass is 536 g/mol. The van der Waals surface area contributed by atoms with Gasteiger partial charge in [0.25, 0.3) is 0 Å². The average molecular weight is 537 g/mol. The number of carbonyl (C=O) groups is 1. The zero-order chi connectivity index (χ0) is 26.7. The molecule has 198 valence electrons. The Labute approximate surface area is 224 Å². The number of pyridine rings is 1. The van der Waals surface area contributed by atoms with Crippen LogP contribution in [0.25, 0.3) is 21.5 Å². The Morgan fingerprint density at radius 1 is 1.29 bits per heavy atom. The van der Waals surface area contributed by atoms with E-state index in [1.54, 1.807) is 43.0 Å². The number of halogens is 1. The van der Waals surface area contributed by atoms with Crippen molar-refractivity contribution in [3.8, 4) is 10.4 Å². The third-order valence-electron chi connectivity index (χ3n) is 7.11. The Kier molecular flexibility index (Phi) is 7.61. The van der Waals surface area contributed by atoms with Gasteiger partial charge >= 0.3 is 5.91 Å². The van der Waals surface area contributed by atoms with Crippen LogP contribution in [0.15, 0.2) is 61.2 Å². The number of fused-ring (bicyclic) bond motifs is 1. The second-order valence-electron chi connectivity index (χ2n) is 9.60. The normalized spacial score (nSPS) is 20.4. The molecule has 1 aliphatic rings. The summed E-state index contributed by atoms with van der Waals surface area (Å²) in [7, 11) is 1.90. The second-order valence-corrected chi connectivity index (χ2v) is 10.6. The van der Waals surface area contributed by atoms with Crippen LogP contribution in [-0.4, -0.2) is 67.4 Å². The first-order valence-corrected chi connectivity index (χ1v) is 13.4. The molecule has 0 bridgehead atoms. The molecule has 0 saturated carbocycles. The lowest BCUT2D eigenvalue weighted by Crippen LogP contribution is -2.59. The number of nitrogens with zero attached hydrogens (tertiary/aromatic N) is 5. The summed E-state index contributed by atoms with van der Waals surface area (Å²) in [4.78, 5) is 26.9. The number of hydrogen-bond donors (Lipinski definition) is 3. The van der Waals surface area contributed by atoms with Crippen LogP contribution in [0.5, 0.6) is 0 Å². The molecule has 0 spiro atoms. The predicted molar refractivity (Wildman–Crippen MR) is 146 cm³/mol. The third-order valence-corrected chi connectivity index (χ3v) is 8.08. The molecular weight excluding hydrogens is 505 g/mol. The van der Waals surface area contributed by atoms with Gasteiger partial charge in [-0.05, 0) is 24.6 Å². The minimum absolute atomic E-state index is 0.0222. The van der Waals surface area contributed by atoms with Crippen molar-refractivity contribution in [3.63, 3.8) is 0 Å². The van der Waals surface area contributed by atoms with Crippen molar-refractivity contribution in [1.29, 1.82) is 0 Å². The standard InChI is InChI=1S/C27H31FN7O2S/c1-3-5-25(36)35(2)13-4-6-22(35)26(37)29-11-12-34-17-32-20-15-30-24(14-21(20)34)33-27-31-16-23(38-27)18-7-9-19(28)10-8-18/h3,5,7-10,14-17,22,26,29,37H,4,6,11-13H2,1-2H3,(H,30,31,33)/q+1/b5-3-/t22-,26?,35?/m0/s1. The number of nitrogens with one attached hydrogen (secondary N) is 2. The topological polar surface area (TPSA) is 105 Å². The number of likely N-dealkylation sites (N-methyl/N-ethyl adjacent to an activating group) is 1. The minimum Gasteiger partial charge on any atom is -0.372 e. The van der Waals surface area contributed by atoms with Gasteiger partial charge in [0.15, 0.2) is 11.4 Å². The molecule has 5 rings (SSSR count). The van der Waals surface area contributed by atoms with Gasteiger partial charge in [0.2, 0.25) is 0 Å². The number of aliphatic hydroxyl groups excluding tert-OH is 1. The molecule has 1 fully saturated rings. The Hall–Kier alpha value is -3.51. The number of amides is 1. The van der Waals surface area contributed by atoms with Crippen molar-refractivity contribution in [2.75, 3.05) is 25.5 Å². The summed E-state index contributed by atoms with van der Waals surface area (Å²) in [6.07, 6.45) is 9.47. The van der Waals surface area contributed by atoms with Crippen molar-refractivity contribution in [1.82, 2.24) is 24.8 Å². The molecule has 4 heterocycles. The Balaban J connectivity index is 1.22. The molecule has 0 aliphatic carbocycles. The number of anilines is 2. The summed E-state index contributed by atoms with van der Waals surface area (Å²) >= 11 is 1.46. The molecule has 3 aromatic heterocycles. The molecule has 11 heteroatoms. The fourth-order valence-electron chi connectivity index (χ4n) is 5.00. The first kappa shape index (κ1) is 26.1. The maximum Gasteiger partial charge on any atom is 0.338 e. The van der Waals surface area contributed by atoms with Gasteiger partial charge in [-0.25, -0.2) is 24.1 Å². The number of allylic oxidation sites excluding steroid dienone is 1. The number of benzene rings is 1. The SMILES string of the molecule is C/C=C\C(=O)[N+]1(C)CCC[C@H]1C(O)NCCn1cnc2cnc(Nc3ncc(-c4ccc(F)cc4)s3)cc21. The minimum atomic E-state index is -0.786. The number of hydrogen-bond acceptors (Lipinski definition) is 8. The Morgan fingerprint density at radius 3 is 2.89 bits per heavy atom. The van der Waals surface area contributed by atoms with E-state index >= 15 is 0 Å². The van der Waals surface area contributed by atoms with Gasteiger partial charge in [-0.15, -0.1) is 0 Å². The lowest BCUT2D eigenvalue weighted by Gasteiger charge is -2.35. The average Bonchev–Trinajstić information content (AvgIpc) is 3.64.